The fourth-order valence-corrected chi connectivity index (χ4v) is 2.63. The van der Waals surface area contributed by atoms with Gasteiger partial charge in [0.15, 0.2) is 0 Å². The molecular formula is C17H23FN2O. The predicted molar refractivity (Wildman–Crippen MR) is 81.6 cm³/mol. The lowest BCUT2D eigenvalue weighted by atomic mass is 10.00. The number of aryl methyl sites for hydroxylation is 1. The summed E-state index contributed by atoms with van der Waals surface area (Å²) in [7, 11) is 0. The van der Waals surface area contributed by atoms with E-state index in [-0.39, 0.29) is 5.82 Å². The van der Waals surface area contributed by atoms with Crippen LogP contribution in [0.3, 0.4) is 0 Å². The van der Waals surface area contributed by atoms with Gasteiger partial charge in [-0.05, 0) is 49.1 Å². The molecule has 0 aliphatic carbocycles. The normalized spacial score (nSPS) is 12.9. The van der Waals surface area contributed by atoms with Gasteiger partial charge in [0.05, 0.1) is 17.8 Å². The number of hydrogen-bond donors (Lipinski definition) is 1. The maximum Gasteiger partial charge on any atom is 0.123 e. The summed E-state index contributed by atoms with van der Waals surface area (Å²) in [6, 6.07) is 6.82. The first-order valence-electron chi connectivity index (χ1n) is 7.53. The molecule has 0 fully saturated rings. The Morgan fingerprint density at radius 1 is 1.24 bits per heavy atom. The van der Waals surface area contributed by atoms with Crippen LogP contribution in [0.5, 0.6) is 0 Å². The molecule has 0 aliphatic rings. The monoisotopic (exact) mass is 290 g/mol. The van der Waals surface area contributed by atoms with Crippen molar-refractivity contribution in [3.8, 4) is 0 Å². The van der Waals surface area contributed by atoms with Crippen molar-refractivity contribution in [2.75, 3.05) is 0 Å². The van der Waals surface area contributed by atoms with Gasteiger partial charge in [-0.3, -0.25) is 4.68 Å². The van der Waals surface area contributed by atoms with E-state index in [1.165, 1.54) is 12.1 Å². The van der Waals surface area contributed by atoms with Gasteiger partial charge in [-0.2, -0.15) is 5.10 Å². The minimum absolute atomic E-state index is 0.322. The number of halogens is 1. The summed E-state index contributed by atoms with van der Waals surface area (Å²) in [5.74, 6) is -0.322. The van der Waals surface area contributed by atoms with Crippen molar-refractivity contribution in [3.05, 3.63) is 53.1 Å². The molecule has 0 bridgehead atoms. The summed E-state index contributed by atoms with van der Waals surface area (Å²) >= 11 is 0. The number of aliphatic hydroxyl groups is 1. The summed E-state index contributed by atoms with van der Waals surface area (Å²) in [5.41, 5.74) is 2.36. The first-order chi connectivity index (χ1) is 10.0. The molecule has 21 heavy (non-hydrogen) atoms. The second-order valence-corrected chi connectivity index (χ2v) is 5.48. The molecule has 1 atom stereocenters. The van der Waals surface area contributed by atoms with Crippen LogP contribution in [0.4, 0.5) is 4.39 Å². The zero-order valence-electron chi connectivity index (χ0n) is 12.9. The molecular weight excluding hydrogens is 267 g/mol. The van der Waals surface area contributed by atoms with Crippen LogP contribution < -0.4 is 0 Å². The number of aliphatic hydroxyl groups excluding tert-OH is 1. The Kier molecular flexibility index (Phi) is 5.12. The number of benzene rings is 1. The molecule has 0 saturated carbocycles. The van der Waals surface area contributed by atoms with Crippen LogP contribution in [-0.4, -0.2) is 14.9 Å². The largest absolute Gasteiger partial charge is 0.388 e. The smallest absolute Gasteiger partial charge is 0.123 e. The molecule has 114 valence electrons. The molecule has 0 spiro atoms. The van der Waals surface area contributed by atoms with Crippen LogP contribution >= 0.6 is 0 Å². The number of rotatable bonds is 6. The number of aromatic nitrogens is 2. The molecule has 1 aromatic heterocycles. The highest BCUT2D eigenvalue weighted by atomic mass is 19.1. The summed E-state index contributed by atoms with van der Waals surface area (Å²) < 4.78 is 15.3. The molecule has 1 aromatic carbocycles. The SMILES string of the molecule is CCC(CC)n1ccc(CC(O)c2cc(F)ccc2C)n1. The van der Waals surface area contributed by atoms with E-state index in [0.717, 1.165) is 24.1 Å². The third-order valence-electron chi connectivity index (χ3n) is 3.98. The molecule has 1 heterocycles. The molecule has 0 aliphatic heterocycles. The Balaban J connectivity index is 2.12. The maximum atomic E-state index is 13.3. The van der Waals surface area contributed by atoms with Crippen LogP contribution in [0.2, 0.25) is 0 Å². The molecule has 2 aromatic rings. The van der Waals surface area contributed by atoms with Gasteiger partial charge in [-0.1, -0.05) is 19.9 Å². The quantitative estimate of drug-likeness (QED) is 0.874. The molecule has 0 amide bonds. The minimum Gasteiger partial charge on any atom is -0.388 e. The number of nitrogens with zero attached hydrogens (tertiary/aromatic N) is 2. The van der Waals surface area contributed by atoms with E-state index in [9.17, 15) is 9.50 Å². The van der Waals surface area contributed by atoms with E-state index >= 15 is 0 Å². The molecule has 0 radical (unpaired) electrons. The van der Waals surface area contributed by atoms with E-state index in [4.69, 9.17) is 0 Å². The Hall–Kier alpha value is -1.68. The van der Waals surface area contributed by atoms with Crippen molar-refractivity contribution in [3.63, 3.8) is 0 Å². The Morgan fingerprint density at radius 3 is 2.62 bits per heavy atom. The first kappa shape index (κ1) is 15.7. The van der Waals surface area contributed by atoms with Gasteiger partial charge >= 0.3 is 0 Å². The van der Waals surface area contributed by atoms with Crippen LogP contribution in [-0.2, 0) is 6.42 Å². The number of hydrogen-bond acceptors (Lipinski definition) is 2. The van der Waals surface area contributed by atoms with E-state index in [1.54, 1.807) is 6.07 Å². The second-order valence-electron chi connectivity index (χ2n) is 5.48. The predicted octanol–water partition coefficient (Wildman–Crippen LogP) is 3.97. The van der Waals surface area contributed by atoms with Gasteiger partial charge in [0, 0.05) is 12.6 Å². The molecule has 0 saturated heterocycles. The highest BCUT2D eigenvalue weighted by Gasteiger charge is 2.15. The Labute approximate surface area is 125 Å². The fourth-order valence-electron chi connectivity index (χ4n) is 2.63. The van der Waals surface area contributed by atoms with Gasteiger partial charge < -0.3 is 5.11 Å². The minimum atomic E-state index is -0.731. The van der Waals surface area contributed by atoms with Gasteiger partial charge in [-0.15, -0.1) is 0 Å². The maximum absolute atomic E-state index is 13.3. The topological polar surface area (TPSA) is 38.0 Å². The highest BCUT2D eigenvalue weighted by molar-refractivity contribution is 5.29. The Morgan fingerprint density at radius 2 is 1.95 bits per heavy atom. The zero-order chi connectivity index (χ0) is 15.4. The zero-order valence-corrected chi connectivity index (χ0v) is 12.9. The van der Waals surface area contributed by atoms with Crippen molar-refractivity contribution in [2.45, 2.75) is 52.2 Å². The third kappa shape index (κ3) is 3.70. The molecule has 4 heteroatoms. The van der Waals surface area contributed by atoms with Crippen molar-refractivity contribution < 1.29 is 9.50 Å². The standard InChI is InChI=1S/C17H23FN2O/c1-4-15(5-2)20-9-8-14(19-20)11-17(21)16-10-13(18)7-6-12(16)3/h6-10,15,17,21H,4-5,11H2,1-3H3. The Bertz CT molecular complexity index is 590. The van der Waals surface area contributed by atoms with E-state index in [0.29, 0.717) is 18.0 Å². The lowest BCUT2D eigenvalue weighted by Crippen LogP contribution is -2.09. The summed E-state index contributed by atoms with van der Waals surface area (Å²) in [6.07, 6.45) is 3.69. The van der Waals surface area contributed by atoms with Gasteiger partial charge in [0.1, 0.15) is 5.82 Å². The van der Waals surface area contributed by atoms with Crippen molar-refractivity contribution in [2.24, 2.45) is 0 Å². The summed E-state index contributed by atoms with van der Waals surface area (Å²) in [6.45, 7) is 6.15. The highest BCUT2D eigenvalue weighted by Crippen LogP contribution is 2.23. The van der Waals surface area contributed by atoms with Gasteiger partial charge in [0.25, 0.3) is 0 Å². The molecule has 1 N–H and O–H groups in total. The molecule has 2 rings (SSSR count). The molecule has 1 unspecified atom stereocenters. The van der Waals surface area contributed by atoms with Crippen molar-refractivity contribution in [1.29, 1.82) is 0 Å². The molecule has 3 nitrogen and oxygen atoms in total. The lowest BCUT2D eigenvalue weighted by molar-refractivity contribution is 0.175. The van der Waals surface area contributed by atoms with E-state index in [2.05, 4.69) is 18.9 Å². The lowest BCUT2D eigenvalue weighted by Gasteiger charge is -2.14. The van der Waals surface area contributed by atoms with Crippen LogP contribution in [0.25, 0.3) is 0 Å². The van der Waals surface area contributed by atoms with Crippen LogP contribution in [0.1, 0.15) is 55.7 Å². The van der Waals surface area contributed by atoms with Crippen molar-refractivity contribution in [1.82, 2.24) is 9.78 Å². The van der Waals surface area contributed by atoms with Crippen LogP contribution in [0, 0.1) is 12.7 Å². The second kappa shape index (κ2) is 6.85. The third-order valence-corrected chi connectivity index (χ3v) is 3.98. The summed E-state index contributed by atoms with van der Waals surface area (Å²) in [5, 5.41) is 14.9. The van der Waals surface area contributed by atoms with Crippen LogP contribution in [0.15, 0.2) is 30.5 Å². The fraction of sp³-hybridized carbons (Fsp3) is 0.471. The first-order valence-corrected chi connectivity index (χ1v) is 7.53. The average molecular weight is 290 g/mol. The van der Waals surface area contributed by atoms with Gasteiger partial charge in [0.2, 0.25) is 0 Å². The summed E-state index contributed by atoms with van der Waals surface area (Å²) in [4.78, 5) is 0. The van der Waals surface area contributed by atoms with E-state index in [1.807, 2.05) is 23.9 Å². The average Bonchev–Trinajstić information content (AvgIpc) is 2.91. The van der Waals surface area contributed by atoms with Crippen molar-refractivity contribution >= 4 is 0 Å². The van der Waals surface area contributed by atoms with E-state index < -0.39 is 6.10 Å². The van der Waals surface area contributed by atoms with Gasteiger partial charge in [-0.25, -0.2) is 4.39 Å².